The number of nitrogens with one attached hydrogen (secondary N) is 2. The van der Waals surface area contributed by atoms with Crippen LogP contribution in [0.2, 0.25) is 0 Å². The van der Waals surface area contributed by atoms with Crippen LogP contribution in [-0.2, 0) is 11.8 Å². The highest BCUT2D eigenvalue weighted by molar-refractivity contribution is 7.09. The summed E-state index contributed by atoms with van der Waals surface area (Å²) in [5, 5.41) is 9.80. The predicted octanol–water partition coefficient (Wildman–Crippen LogP) is 4.06. The van der Waals surface area contributed by atoms with Gasteiger partial charge in [0, 0.05) is 30.8 Å². The lowest BCUT2D eigenvalue weighted by atomic mass is 9.93. The van der Waals surface area contributed by atoms with Crippen molar-refractivity contribution in [2.75, 3.05) is 20.7 Å². The SMILES string of the molecule is CN=C(NCCc1nc(C(C)(C)C)cs1)NC(C)c1ccc(OC)c(F)c1. The molecule has 5 nitrogen and oxygen atoms in total. The molecule has 1 unspecified atom stereocenters. The van der Waals surface area contributed by atoms with Crippen LogP contribution in [0.1, 0.15) is 50.0 Å². The molecular formula is C20H29FN4OS. The van der Waals surface area contributed by atoms with E-state index in [1.807, 2.05) is 13.0 Å². The number of aromatic nitrogens is 1. The summed E-state index contributed by atoms with van der Waals surface area (Å²) < 4.78 is 18.9. The molecule has 0 radical (unpaired) electrons. The van der Waals surface area contributed by atoms with E-state index in [1.165, 1.54) is 13.2 Å². The Bertz CT molecular complexity index is 783. The van der Waals surface area contributed by atoms with Gasteiger partial charge < -0.3 is 15.4 Å². The molecular weight excluding hydrogens is 363 g/mol. The zero-order valence-electron chi connectivity index (χ0n) is 16.9. The minimum Gasteiger partial charge on any atom is -0.494 e. The highest BCUT2D eigenvalue weighted by atomic mass is 32.1. The van der Waals surface area contributed by atoms with Crippen molar-refractivity contribution in [1.29, 1.82) is 0 Å². The number of halogens is 1. The van der Waals surface area contributed by atoms with Crippen molar-refractivity contribution in [1.82, 2.24) is 15.6 Å². The molecule has 1 heterocycles. The fourth-order valence-corrected chi connectivity index (χ4v) is 3.52. The van der Waals surface area contributed by atoms with Gasteiger partial charge >= 0.3 is 0 Å². The van der Waals surface area contributed by atoms with Gasteiger partial charge in [0.1, 0.15) is 0 Å². The lowest BCUT2D eigenvalue weighted by Gasteiger charge is -2.18. The second-order valence-electron chi connectivity index (χ2n) is 7.39. The number of aliphatic imine (C=N–C) groups is 1. The third-order valence-corrected chi connectivity index (χ3v) is 5.11. The molecule has 0 saturated carbocycles. The molecule has 148 valence electrons. The number of hydrogen-bond acceptors (Lipinski definition) is 4. The average Bonchev–Trinajstić information content (AvgIpc) is 3.10. The van der Waals surface area contributed by atoms with E-state index in [0.29, 0.717) is 5.96 Å². The molecule has 1 aromatic heterocycles. The molecule has 0 aliphatic rings. The van der Waals surface area contributed by atoms with Crippen LogP contribution >= 0.6 is 11.3 Å². The fourth-order valence-electron chi connectivity index (χ4n) is 2.49. The average molecular weight is 393 g/mol. The van der Waals surface area contributed by atoms with Crippen LogP contribution in [0.3, 0.4) is 0 Å². The summed E-state index contributed by atoms with van der Waals surface area (Å²) in [5.74, 6) is 0.544. The Morgan fingerprint density at radius 3 is 2.67 bits per heavy atom. The molecule has 27 heavy (non-hydrogen) atoms. The van der Waals surface area contributed by atoms with Gasteiger partial charge in [0.15, 0.2) is 17.5 Å². The highest BCUT2D eigenvalue weighted by Gasteiger charge is 2.17. The standard InChI is InChI=1S/C20H29FN4OS/c1-13(14-7-8-16(26-6)15(21)11-14)24-19(22-5)23-10-9-18-25-17(12-27-18)20(2,3)4/h7-8,11-13H,9-10H2,1-6H3,(H2,22,23,24). The summed E-state index contributed by atoms with van der Waals surface area (Å²) in [6.45, 7) is 9.18. The van der Waals surface area contributed by atoms with Crippen LogP contribution in [0.15, 0.2) is 28.6 Å². The number of ether oxygens (including phenoxy) is 1. The zero-order chi connectivity index (χ0) is 20.0. The highest BCUT2D eigenvalue weighted by Crippen LogP contribution is 2.24. The predicted molar refractivity (Wildman–Crippen MR) is 110 cm³/mol. The van der Waals surface area contributed by atoms with Gasteiger partial charge in [-0.3, -0.25) is 4.99 Å². The number of hydrogen-bond donors (Lipinski definition) is 2. The van der Waals surface area contributed by atoms with Crippen molar-refractivity contribution in [3.8, 4) is 5.75 Å². The number of rotatable bonds is 6. The molecule has 2 rings (SSSR count). The first kappa shape index (κ1) is 21.2. The van der Waals surface area contributed by atoms with Gasteiger partial charge in [-0.05, 0) is 24.6 Å². The fraction of sp³-hybridized carbons (Fsp3) is 0.500. The monoisotopic (exact) mass is 392 g/mol. The normalized spacial score (nSPS) is 13.4. The van der Waals surface area contributed by atoms with Crippen molar-refractivity contribution < 1.29 is 9.13 Å². The van der Waals surface area contributed by atoms with Crippen LogP contribution in [0, 0.1) is 5.82 Å². The van der Waals surface area contributed by atoms with E-state index in [9.17, 15) is 4.39 Å². The second kappa shape index (κ2) is 9.17. The molecule has 0 bridgehead atoms. The van der Waals surface area contributed by atoms with Gasteiger partial charge in [-0.15, -0.1) is 11.3 Å². The third-order valence-electron chi connectivity index (χ3n) is 4.20. The summed E-state index contributed by atoms with van der Waals surface area (Å²) in [6, 6.07) is 4.86. The number of thiazole rings is 1. The van der Waals surface area contributed by atoms with E-state index in [0.717, 1.165) is 29.2 Å². The maximum absolute atomic E-state index is 13.9. The Kier molecular flexibility index (Phi) is 7.18. The molecule has 0 fully saturated rings. The molecule has 2 N–H and O–H groups in total. The van der Waals surface area contributed by atoms with E-state index in [4.69, 9.17) is 9.72 Å². The van der Waals surface area contributed by atoms with Gasteiger partial charge in [-0.2, -0.15) is 0 Å². The molecule has 0 aliphatic heterocycles. The smallest absolute Gasteiger partial charge is 0.191 e. The quantitative estimate of drug-likeness (QED) is 0.575. The maximum atomic E-state index is 13.9. The molecule has 7 heteroatoms. The van der Waals surface area contributed by atoms with Gasteiger partial charge in [-0.25, -0.2) is 9.37 Å². The van der Waals surface area contributed by atoms with E-state index in [2.05, 4.69) is 41.8 Å². The Balaban J connectivity index is 1.88. The lowest BCUT2D eigenvalue weighted by molar-refractivity contribution is 0.386. The Hall–Kier alpha value is -2.15. The minimum atomic E-state index is -0.370. The van der Waals surface area contributed by atoms with Gasteiger partial charge in [0.2, 0.25) is 0 Å². The summed E-state index contributed by atoms with van der Waals surface area (Å²) >= 11 is 1.69. The topological polar surface area (TPSA) is 58.5 Å². The van der Waals surface area contributed by atoms with Crippen molar-refractivity contribution in [3.63, 3.8) is 0 Å². The van der Waals surface area contributed by atoms with Gasteiger partial charge in [0.25, 0.3) is 0 Å². The first-order valence-corrected chi connectivity index (χ1v) is 9.88. The number of nitrogens with zero attached hydrogens (tertiary/aromatic N) is 2. The van der Waals surface area contributed by atoms with Crippen LogP contribution < -0.4 is 15.4 Å². The van der Waals surface area contributed by atoms with E-state index >= 15 is 0 Å². The number of methoxy groups -OCH3 is 1. The van der Waals surface area contributed by atoms with Crippen molar-refractivity contribution in [2.24, 2.45) is 4.99 Å². The summed E-state index contributed by atoms with van der Waals surface area (Å²) in [7, 11) is 3.18. The minimum absolute atomic E-state index is 0.0723. The number of guanidine groups is 1. The zero-order valence-corrected chi connectivity index (χ0v) is 17.7. The van der Waals surface area contributed by atoms with Gasteiger partial charge in [-0.1, -0.05) is 26.8 Å². The molecule has 0 aliphatic carbocycles. The Morgan fingerprint density at radius 1 is 1.37 bits per heavy atom. The summed E-state index contributed by atoms with van der Waals surface area (Å²) in [5.41, 5.74) is 2.02. The Labute approximate surface area is 165 Å². The molecule has 0 spiro atoms. The van der Waals surface area contributed by atoms with Gasteiger partial charge in [0.05, 0.1) is 23.9 Å². The molecule has 1 atom stereocenters. The second-order valence-corrected chi connectivity index (χ2v) is 8.33. The van der Waals surface area contributed by atoms with Crippen LogP contribution in [0.5, 0.6) is 5.75 Å². The maximum Gasteiger partial charge on any atom is 0.191 e. The molecule has 0 saturated heterocycles. The van der Waals surface area contributed by atoms with Crippen molar-refractivity contribution >= 4 is 17.3 Å². The van der Waals surface area contributed by atoms with Crippen molar-refractivity contribution in [2.45, 2.75) is 45.6 Å². The first-order valence-electron chi connectivity index (χ1n) is 9.00. The third kappa shape index (κ3) is 5.92. The summed E-state index contributed by atoms with van der Waals surface area (Å²) in [6.07, 6.45) is 0.826. The van der Waals surface area contributed by atoms with Crippen molar-refractivity contribution in [3.05, 3.63) is 45.7 Å². The summed E-state index contributed by atoms with van der Waals surface area (Å²) in [4.78, 5) is 8.95. The number of benzene rings is 1. The van der Waals surface area contributed by atoms with E-state index < -0.39 is 0 Å². The Morgan fingerprint density at radius 2 is 2.11 bits per heavy atom. The van der Waals surface area contributed by atoms with Crippen LogP contribution in [-0.4, -0.2) is 31.6 Å². The molecule has 0 amide bonds. The largest absolute Gasteiger partial charge is 0.494 e. The van der Waals surface area contributed by atoms with Crippen LogP contribution in [0.25, 0.3) is 0 Å². The molecule has 1 aromatic carbocycles. The van der Waals surface area contributed by atoms with Crippen LogP contribution in [0.4, 0.5) is 4.39 Å². The van der Waals surface area contributed by atoms with E-state index in [-0.39, 0.29) is 23.0 Å². The first-order chi connectivity index (χ1) is 12.7. The lowest BCUT2D eigenvalue weighted by Crippen LogP contribution is -2.39. The van der Waals surface area contributed by atoms with E-state index in [1.54, 1.807) is 24.5 Å². The molecule has 2 aromatic rings.